The summed E-state index contributed by atoms with van der Waals surface area (Å²) in [6.07, 6.45) is 15.6. The topological polar surface area (TPSA) is 0 Å². The highest BCUT2D eigenvalue weighted by molar-refractivity contribution is 7.80. The van der Waals surface area contributed by atoms with Gasteiger partial charge in [-0.15, -0.1) is 0 Å². The Bertz CT molecular complexity index is 226. The molecule has 0 amide bonds. The van der Waals surface area contributed by atoms with Crippen LogP contribution < -0.4 is 0 Å². The standard InChI is InChI=1S/C21H44S/c1-6-18(2)11-7-8-12-19(3)13-9-10-14-20(4)17-21(5)15-16-22/h18-22H,6-17H2,1-5H3/t18-,19?,20?,21-/m0/s1. The van der Waals surface area contributed by atoms with Gasteiger partial charge >= 0.3 is 0 Å². The van der Waals surface area contributed by atoms with Gasteiger partial charge in [-0.3, -0.25) is 0 Å². The van der Waals surface area contributed by atoms with Crippen molar-refractivity contribution in [3.05, 3.63) is 0 Å². The fraction of sp³-hybridized carbons (Fsp3) is 1.00. The van der Waals surface area contributed by atoms with Crippen LogP contribution in [0.15, 0.2) is 0 Å². The molecule has 134 valence electrons. The first kappa shape index (κ1) is 22.4. The van der Waals surface area contributed by atoms with Crippen molar-refractivity contribution in [3.8, 4) is 0 Å². The van der Waals surface area contributed by atoms with Gasteiger partial charge in [0.15, 0.2) is 0 Å². The summed E-state index contributed by atoms with van der Waals surface area (Å²) in [7, 11) is 0. The van der Waals surface area contributed by atoms with Crippen molar-refractivity contribution in [2.75, 3.05) is 5.75 Å². The van der Waals surface area contributed by atoms with Crippen molar-refractivity contribution >= 4 is 12.6 Å². The van der Waals surface area contributed by atoms with Crippen LogP contribution >= 0.6 is 12.6 Å². The summed E-state index contributed by atoms with van der Waals surface area (Å²) in [5.41, 5.74) is 0. The molecule has 4 atom stereocenters. The van der Waals surface area contributed by atoms with E-state index in [-0.39, 0.29) is 0 Å². The third kappa shape index (κ3) is 14.0. The second-order valence-corrected chi connectivity index (χ2v) is 8.59. The molecule has 0 fully saturated rings. The molecule has 0 saturated heterocycles. The summed E-state index contributed by atoms with van der Waals surface area (Å²) >= 11 is 4.34. The van der Waals surface area contributed by atoms with Gasteiger partial charge in [0.2, 0.25) is 0 Å². The summed E-state index contributed by atoms with van der Waals surface area (Å²) in [6, 6.07) is 0. The largest absolute Gasteiger partial charge is 0.179 e. The number of unbranched alkanes of at least 4 members (excludes halogenated alkanes) is 2. The van der Waals surface area contributed by atoms with E-state index in [2.05, 4.69) is 47.2 Å². The lowest BCUT2D eigenvalue weighted by Crippen LogP contribution is -2.04. The molecule has 0 aromatic heterocycles. The number of rotatable bonds is 15. The van der Waals surface area contributed by atoms with Crippen molar-refractivity contribution in [2.24, 2.45) is 23.7 Å². The summed E-state index contributed by atoms with van der Waals surface area (Å²) in [6.45, 7) is 12.0. The van der Waals surface area contributed by atoms with E-state index in [1.807, 2.05) is 0 Å². The molecule has 0 bridgehead atoms. The fourth-order valence-electron chi connectivity index (χ4n) is 3.46. The fourth-order valence-corrected chi connectivity index (χ4v) is 3.90. The molecule has 2 unspecified atom stereocenters. The Morgan fingerprint density at radius 1 is 0.591 bits per heavy atom. The smallest absolute Gasteiger partial charge is 0.00954 e. The molecule has 0 aliphatic heterocycles. The van der Waals surface area contributed by atoms with Crippen LogP contribution in [-0.4, -0.2) is 5.75 Å². The van der Waals surface area contributed by atoms with Gasteiger partial charge < -0.3 is 0 Å². The number of hydrogen-bond acceptors (Lipinski definition) is 1. The lowest BCUT2D eigenvalue weighted by atomic mass is 9.90. The highest BCUT2D eigenvalue weighted by atomic mass is 32.1. The molecule has 0 aromatic rings. The van der Waals surface area contributed by atoms with E-state index in [1.54, 1.807) is 0 Å². The summed E-state index contributed by atoms with van der Waals surface area (Å²) < 4.78 is 0. The summed E-state index contributed by atoms with van der Waals surface area (Å²) in [5.74, 6) is 4.68. The first-order valence-corrected chi connectivity index (χ1v) is 10.7. The molecule has 0 rings (SSSR count). The molecule has 1 heteroatoms. The van der Waals surface area contributed by atoms with Crippen molar-refractivity contribution in [1.82, 2.24) is 0 Å². The van der Waals surface area contributed by atoms with Crippen LogP contribution in [0.5, 0.6) is 0 Å². The van der Waals surface area contributed by atoms with Gasteiger partial charge in [-0.1, -0.05) is 92.4 Å². The minimum absolute atomic E-state index is 0.858. The normalized spacial score (nSPS) is 17.2. The van der Waals surface area contributed by atoms with E-state index in [0.29, 0.717) is 0 Å². The molecule has 0 aromatic carbocycles. The first-order chi connectivity index (χ1) is 10.5. The molecule has 0 nitrogen and oxygen atoms in total. The Morgan fingerprint density at radius 2 is 1.00 bits per heavy atom. The predicted molar refractivity (Wildman–Crippen MR) is 107 cm³/mol. The Hall–Kier alpha value is 0.350. The highest BCUT2D eigenvalue weighted by Crippen LogP contribution is 2.23. The molecular weight excluding hydrogens is 284 g/mol. The summed E-state index contributed by atoms with van der Waals surface area (Å²) in [4.78, 5) is 0. The van der Waals surface area contributed by atoms with Crippen molar-refractivity contribution in [1.29, 1.82) is 0 Å². The molecule has 22 heavy (non-hydrogen) atoms. The Kier molecular flexibility index (Phi) is 15.1. The third-order valence-electron chi connectivity index (χ3n) is 5.41. The molecule has 0 N–H and O–H groups in total. The average molecular weight is 329 g/mol. The first-order valence-electron chi connectivity index (χ1n) is 10.1. The summed E-state index contributed by atoms with van der Waals surface area (Å²) in [5, 5.41) is 0. The zero-order valence-corrected chi connectivity index (χ0v) is 17.1. The highest BCUT2D eigenvalue weighted by Gasteiger charge is 2.09. The van der Waals surface area contributed by atoms with E-state index in [9.17, 15) is 0 Å². The lowest BCUT2D eigenvalue weighted by molar-refractivity contribution is 0.364. The van der Waals surface area contributed by atoms with Crippen LogP contribution in [0.2, 0.25) is 0 Å². The van der Waals surface area contributed by atoms with Crippen LogP contribution in [-0.2, 0) is 0 Å². The van der Waals surface area contributed by atoms with Crippen LogP contribution in [0.3, 0.4) is 0 Å². The van der Waals surface area contributed by atoms with E-state index in [4.69, 9.17) is 0 Å². The third-order valence-corrected chi connectivity index (χ3v) is 5.67. The molecule has 0 spiro atoms. The van der Waals surface area contributed by atoms with Crippen LogP contribution in [0.1, 0.15) is 105 Å². The van der Waals surface area contributed by atoms with Crippen molar-refractivity contribution in [2.45, 2.75) is 105 Å². The maximum atomic E-state index is 4.34. The van der Waals surface area contributed by atoms with Gasteiger partial charge in [0, 0.05) is 0 Å². The van der Waals surface area contributed by atoms with Crippen LogP contribution in [0, 0.1) is 23.7 Å². The second-order valence-electron chi connectivity index (χ2n) is 8.15. The van der Waals surface area contributed by atoms with Gasteiger partial charge in [0.05, 0.1) is 0 Å². The second kappa shape index (κ2) is 14.9. The van der Waals surface area contributed by atoms with Gasteiger partial charge in [0.25, 0.3) is 0 Å². The maximum Gasteiger partial charge on any atom is -0.00954 e. The van der Waals surface area contributed by atoms with Gasteiger partial charge in [-0.2, -0.15) is 12.6 Å². The molecular formula is C21H44S. The average Bonchev–Trinajstić information content (AvgIpc) is 2.48. The monoisotopic (exact) mass is 328 g/mol. The van der Waals surface area contributed by atoms with Gasteiger partial charge in [0.1, 0.15) is 0 Å². The van der Waals surface area contributed by atoms with Crippen molar-refractivity contribution < 1.29 is 0 Å². The Balaban J connectivity index is 3.46. The molecule has 0 aliphatic rings. The minimum atomic E-state index is 0.858. The lowest BCUT2D eigenvalue weighted by Gasteiger charge is -2.17. The minimum Gasteiger partial charge on any atom is -0.179 e. The maximum absolute atomic E-state index is 4.34. The van der Waals surface area contributed by atoms with E-state index < -0.39 is 0 Å². The molecule has 0 saturated carbocycles. The zero-order valence-electron chi connectivity index (χ0n) is 16.2. The zero-order chi connectivity index (χ0) is 16.8. The molecule has 0 heterocycles. The number of thiol groups is 1. The predicted octanol–water partition coefficient (Wildman–Crippen LogP) is 7.77. The van der Waals surface area contributed by atoms with Gasteiger partial charge in [-0.05, 0) is 42.3 Å². The van der Waals surface area contributed by atoms with E-state index in [1.165, 1.54) is 70.6 Å². The Labute approximate surface area is 147 Å². The number of hydrogen-bond donors (Lipinski definition) is 1. The molecule has 0 radical (unpaired) electrons. The van der Waals surface area contributed by atoms with Gasteiger partial charge in [-0.25, -0.2) is 0 Å². The van der Waals surface area contributed by atoms with Crippen LogP contribution in [0.25, 0.3) is 0 Å². The van der Waals surface area contributed by atoms with E-state index in [0.717, 1.165) is 29.4 Å². The quantitative estimate of drug-likeness (QED) is 0.230. The molecule has 0 aliphatic carbocycles. The SMILES string of the molecule is CC[C@H](C)CCCCC(C)CCCCC(C)C[C@@H](C)CCS. The van der Waals surface area contributed by atoms with E-state index >= 15 is 0 Å². The Morgan fingerprint density at radius 3 is 1.45 bits per heavy atom. The van der Waals surface area contributed by atoms with Crippen LogP contribution in [0.4, 0.5) is 0 Å². The van der Waals surface area contributed by atoms with Crippen molar-refractivity contribution in [3.63, 3.8) is 0 Å².